The van der Waals surface area contributed by atoms with Crippen LogP contribution in [0.5, 0.6) is 0 Å². The van der Waals surface area contributed by atoms with Crippen LogP contribution in [0.1, 0.15) is 44.2 Å². The Labute approximate surface area is 109 Å². The van der Waals surface area contributed by atoms with E-state index in [4.69, 9.17) is 12.2 Å². The Morgan fingerprint density at radius 2 is 2.06 bits per heavy atom. The molecule has 3 heteroatoms. The van der Waals surface area contributed by atoms with Gasteiger partial charge in [-0.15, -0.1) is 0 Å². The summed E-state index contributed by atoms with van der Waals surface area (Å²) in [6, 6.07) is 11.5. The van der Waals surface area contributed by atoms with Gasteiger partial charge < -0.3 is 10.6 Å². The maximum Gasteiger partial charge on any atom is 0.166 e. The minimum absolute atomic E-state index is 0.333. The highest BCUT2D eigenvalue weighted by Crippen LogP contribution is 2.20. The van der Waals surface area contributed by atoms with Crippen LogP contribution in [0.3, 0.4) is 0 Å². The summed E-state index contributed by atoms with van der Waals surface area (Å²) in [7, 11) is 0. The molecule has 0 amide bonds. The molecular weight excluding hydrogens is 228 g/mol. The standard InChI is InChI=1S/C14H20N2S/c1-2-6-13(11-7-4-3-5-8-11)16-14(17)15-12-9-10-12/h3-5,7-8,12-13H,2,6,9-10H2,1H3,(H2,15,16,17)/t13-/m1/s1. The molecule has 0 saturated heterocycles. The normalized spacial score (nSPS) is 16.3. The van der Waals surface area contributed by atoms with Crippen molar-refractivity contribution in [2.24, 2.45) is 0 Å². The number of hydrogen-bond acceptors (Lipinski definition) is 1. The molecule has 0 aliphatic heterocycles. The van der Waals surface area contributed by atoms with Gasteiger partial charge in [0.15, 0.2) is 5.11 Å². The molecule has 1 aromatic carbocycles. The molecule has 0 unspecified atom stereocenters. The highest BCUT2D eigenvalue weighted by atomic mass is 32.1. The Morgan fingerprint density at radius 1 is 1.35 bits per heavy atom. The quantitative estimate of drug-likeness (QED) is 0.783. The third-order valence-corrected chi connectivity index (χ3v) is 3.23. The Hall–Kier alpha value is -1.09. The van der Waals surface area contributed by atoms with Crippen molar-refractivity contribution < 1.29 is 0 Å². The average molecular weight is 248 g/mol. The second-order valence-electron chi connectivity index (χ2n) is 4.64. The highest BCUT2D eigenvalue weighted by molar-refractivity contribution is 7.80. The second kappa shape index (κ2) is 6.01. The minimum atomic E-state index is 0.333. The van der Waals surface area contributed by atoms with Crippen LogP contribution >= 0.6 is 12.2 Å². The number of hydrogen-bond donors (Lipinski definition) is 2. The van der Waals surface area contributed by atoms with Gasteiger partial charge in [-0.3, -0.25) is 0 Å². The first-order valence-corrected chi connectivity index (χ1v) is 6.82. The summed E-state index contributed by atoms with van der Waals surface area (Å²) in [5.41, 5.74) is 1.31. The lowest BCUT2D eigenvalue weighted by atomic mass is 10.0. The molecule has 1 atom stereocenters. The molecular formula is C14H20N2S. The molecule has 0 spiro atoms. The highest BCUT2D eigenvalue weighted by Gasteiger charge is 2.22. The number of rotatable bonds is 5. The Balaban J connectivity index is 1.94. The molecule has 0 bridgehead atoms. The van der Waals surface area contributed by atoms with Crippen molar-refractivity contribution in [2.45, 2.75) is 44.7 Å². The van der Waals surface area contributed by atoms with Gasteiger partial charge in [0.05, 0.1) is 6.04 Å². The van der Waals surface area contributed by atoms with Crippen LogP contribution in [0.4, 0.5) is 0 Å². The third-order valence-electron chi connectivity index (χ3n) is 3.00. The van der Waals surface area contributed by atoms with Crippen LogP contribution < -0.4 is 10.6 Å². The van der Waals surface area contributed by atoms with E-state index in [1.54, 1.807) is 0 Å². The van der Waals surface area contributed by atoms with E-state index in [0.29, 0.717) is 12.1 Å². The van der Waals surface area contributed by atoms with E-state index >= 15 is 0 Å². The van der Waals surface area contributed by atoms with Gasteiger partial charge in [0, 0.05) is 6.04 Å². The lowest BCUT2D eigenvalue weighted by Crippen LogP contribution is -2.38. The zero-order valence-corrected chi connectivity index (χ0v) is 11.1. The first-order valence-electron chi connectivity index (χ1n) is 6.41. The predicted molar refractivity (Wildman–Crippen MR) is 76.0 cm³/mol. The van der Waals surface area contributed by atoms with Gasteiger partial charge in [0.25, 0.3) is 0 Å². The zero-order chi connectivity index (χ0) is 12.1. The monoisotopic (exact) mass is 248 g/mol. The van der Waals surface area contributed by atoms with E-state index in [9.17, 15) is 0 Å². The van der Waals surface area contributed by atoms with E-state index in [1.165, 1.54) is 18.4 Å². The maximum atomic E-state index is 5.34. The van der Waals surface area contributed by atoms with Gasteiger partial charge in [-0.2, -0.15) is 0 Å². The molecule has 1 saturated carbocycles. The number of nitrogens with one attached hydrogen (secondary N) is 2. The van der Waals surface area contributed by atoms with Gasteiger partial charge >= 0.3 is 0 Å². The van der Waals surface area contributed by atoms with Crippen molar-refractivity contribution in [1.82, 2.24) is 10.6 Å². The first kappa shape index (κ1) is 12.4. The summed E-state index contributed by atoms with van der Waals surface area (Å²) in [5, 5.41) is 7.56. The third kappa shape index (κ3) is 4.00. The topological polar surface area (TPSA) is 24.1 Å². The fraction of sp³-hybridized carbons (Fsp3) is 0.500. The smallest absolute Gasteiger partial charge is 0.166 e. The van der Waals surface area contributed by atoms with Crippen molar-refractivity contribution in [3.05, 3.63) is 35.9 Å². The van der Waals surface area contributed by atoms with Crippen LogP contribution in [0.15, 0.2) is 30.3 Å². The predicted octanol–water partition coefficient (Wildman–Crippen LogP) is 3.15. The molecule has 0 heterocycles. The van der Waals surface area contributed by atoms with Gasteiger partial charge in [-0.1, -0.05) is 43.7 Å². The summed E-state index contributed by atoms with van der Waals surface area (Å²) >= 11 is 5.34. The summed E-state index contributed by atoms with van der Waals surface area (Å²) in [6.45, 7) is 2.20. The summed E-state index contributed by atoms with van der Waals surface area (Å²) in [6.07, 6.45) is 4.77. The van der Waals surface area contributed by atoms with Crippen molar-refractivity contribution in [2.75, 3.05) is 0 Å². The molecule has 17 heavy (non-hydrogen) atoms. The van der Waals surface area contributed by atoms with Crippen LogP contribution in [-0.4, -0.2) is 11.2 Å². The number of benzene rings is 1. The molecule has 1 fully saturated rings. The Bertz CT molecular complexity index is 360. The van der Waals surface area contributed by atoms with Crippen LogP contribution in [0.25, 0.3) is 0 Å². The van der Waals surface area contributed by atoms with Crippen LogP contribution in [-0.2, 0) is 0 Å². The molecule has 1 aromatic rings. The second-order valence-corrected chi connectivity index (χ2v) is 5.05. The van der Waals surface area contributed by atoms with Crippen molar-refractivity contribution >= 4 is 17.3 Å². The van der Waals surface area contributed by atoms with E-state index in [0.717, 1.165) is 18.0 Å². The van der Waals surface area contributed by atoms with Crippen LogP contribution in [0, 0.1) is 0 Å². The lowest BCUT2D eigenvalue weighted by Gasteiger charge is -2.20. The van der Waals surface area contributed by atoms with E-state index in [1.807, 2.05) is 6.07 Å². The summed E-state index contributed by atoms with van der Waals surface area (Å²) in [5.74, 6) is 0. The summed E-state index contributed by atoms with van der Waals surface area (Å²) < 4.78 is 0. The largest absolute Gasteiger partial charge is 0.360 e. The summed E-state index contributed by atoms with van der Waals surface area (Å²) in [4.78, 5) is 0. The zero-order valence-electron chi connectivity index (χ0n) is 10.3. The average Bonchev–Trinajstić information content (AvgIpc) is 3.13. The molecule has 0 radical (unpaired) electrons. The van der Waals surface area contributed by atoms with Crippen molar-refractivity contribution in [1.29, 1.82) is 0 Å². The fourth-order valence-electron chi connectivity index (χ4n) is 1.91. The van der Waals surface area contributed by atoms with E-state index in [2.05, 4.69) is 41.8 Å². The SMILES string of the molecule is CCC[C@@H](NC(=S)NC1CC1)c1ccccc1. The molecule has 2 N–H and O–H groups in total. The Morgan fingerprint density at radius 3 is 2.65 bits per heavy atom. The van der Waals surface area contributed by atoms with Crippen molar-refractivity contribution in [3.63, 3.8) is 0 Å². The maximum absolute atomic E-state index is 5.34. The van der Waals surface area contributed by atoms with Gasteiger partial charge in [0.2, 0.25) is 0 Å². The molecule has 92 valence electrons. The van der Waals surface area contributed by atoms with Gasteiger partial charge in [-0.25, -0.2) is 0 Å². The molecule has 1 aliphatic carbocycles. The molecule has 0 aromatic heterocycles. The van der Waals surface area contributed by atoms with Gasteiger partial charge in [0.1, 0.15) is 0 Å². The lowest BCUT2D eigenvalue weighted by molar-refractivity contribution is 0.575. The molecule has 2 rings (SSSR count). The minimum Gasteiger partial charge on any atom is -0.360 e. The molecule has 2 nitrogen and oxygen atoms in total. The fourth-order valence-corrected chi connectivity index (χ4v) is 2.22. The molecule has 1 aliphatic rings. The van der Waals surface area contributed by atoms with E-state index < -0.39 is 0 Å². The van der Waals surface area contributed by atoms with Gasteiger partial charge in [-0.05, 0) is 37.0 Å². The number of thiocarbonyl (C=S) groups is 1. The Kier molecular flexibility index (Phi) is 4.37. The van der Waals surface area contributed by atoms with Crippen LogP contribution in [0.2, 0.25) is 0 Å². The first-order chi connectivity index (χ1) is 8.29. The van der Waals surface area contributed by atoms with E-state index in [-0.39, 0.29) is 0 Å². The van der Waals surface area contributed by atoms with Crippen molar-refractivity contribution in [3.8, 4) is 0 Å².